The number of hydrogen-bond acceptors (Lipinski definition) is 3. The van der Waals surface area contributed by atoms with E-state index in [2.05, 4.69) is 19.5 Å². The molecule has 3 aromatic rings. The van der Waals surface area contributed by atoms with Crippen LogP contribution in [0.1, 0.15) is 41.8 Å². The van der Waals surface area contributed by atoms with Crippen molar-refractivity contribution in [3.05, 3.63) is 58.8 Å². The second-order valence-corrected chi connectivity index (χ2v) is 9.76. The summed E-state index contributed by atoms with van der Waals surface area (Å²) in [6.45, 7) is 3.92. The van der Waals surface area contributed by atoms with Crippen molar-refractivity contribution in [3.63, 3.8) is 0 Å². The predicted octanol–water partition coefficient (Wildman–Crippen LogP) is 5.20. The third-order valence-corrected chi connectivity index (χ3v) is 7.18. The standard InChI is InChI=1S/C26H32F4N3OP/c1-16-14-19-18-6-3-4-7-20(18)32-24(19)25(33(16)15-26(28,29)30)23-17(2)21(8-9-22(23)35)34-13-12-31-11-5-10-27/h3-4,6-9,16,25,31-32H,5,10-15,35H2,1-2H3. The van der Waals surface area contributed by atoms with Crippen molar-refractivity contribution in [2.75, 3.05) is 32.9 Å². The summed E-state index contributed by atoms with van der Waals surface area (Å²) in [6.07, 6.45) is -3.34. The number of nitrogens with zero attached hydrogens (tertiary/aromatic N) is 1. The molecule has 9 heteroatoms. The Morgan fingerprint density at radius 2 is 1.94 bits per heavy atom. The van der Waals surface area contributed by atoms with E-state index in [-0.39, 0.29) is 12.7 Å². The van der Waals surface area contributed by atoms with E-state index in [1.165, 1.54) is 0 Å². The van der Waals surface area contributed by atoms with Crippen LogP contribution in [-0.2, 0) is 6.42 Å². The minimum absolute atomic E-state index is 0.304. The number of para-hydroxylation sites is 1. The number of rotatable bonds is 9. The Bertz CT molecular complexity index is 1160. The van der Waals surface area contributed by atoms with Gasteiger partial charge in [-0.1, -0.05) is 24.3 Å². The highest BCUT2D eigenvalue weighted by Gasteiger charge is 2.43. The summed E-state index contributed by atoms with van der Waals surface area (Å²) < 4.78 is 59.5. The van der Waals surface area contributed by atoms with E-state index in [0.717, 1.165) is 38.6 Å². The lowest BCUT2D eigenvalue weighted by Crippen LogP contribution is -2.48. The molecule has 1 aliphatic rings. The Morgan fingerprint density at radius 3 is 2.69 bits per heavy atom. The molecular weight excluding hydrogens is 477 g/mol. The van der Waals surface area contributed by atoms with Crippen molar-refractivity contribution < 1.29 is 22.3 Å². The van der Waals surface area contributed by atoms with E-state index < -0.39 is 18.8 Å². The van der Waals surface area contributed by atoms with E-state index in [4.69, 9.17) is 4.74 Å². The maximum atomic E-state index is 13.7. The van der Waals surface area contributed by atoms with Gasteiger partial charge in [0.05, 0.1) is 19.3 Å². The number of halogens is 4. The van der Waals surface area contributed by atoms with Crippen LogP contribution in [0.15, 0.2) is 36.4 Å². The molecule has 0 bridgehead atoms. The van der Waals surface area contributed by atoms with Crippen molar-refractivity contribution in [1.82, 2.24) is 15.2 Å². The third-order valence-electron chi connectivity index (χ3n) is 6.68. The van der Waals surface area contributed by atoms with E-state index in [1.54, 1.807) is 4.90 Å². The Morgan fingerprint density at radius 1 is 1.17 bits per heavy atom. The van der Waals surface area contributed by atoms with Gasteiger partial charge in [-0.05, 0) is 67.4 Å². The normalized spacial score (nSPS) is 18.7. The van der Waals surface area contributed by atoms with Gasteiger partial charge in [0.2, 0.25) is 0 Å². The number of H-pyrrole nitrogens is 1. The number of aromatic nitrogens is 1. The first-order valence-corrected chi connectivity index (χ1v) is 12.5. The molecule has 1 aromatic heterocycles. The van der Waals surface area contributed by atoms with Gasteiger partial charge < -0.3 is 15.0 Å². The maximum Gasteiger partial charge on any atom is 0.401 e. The predicted molar refractivity (Wildman–Crippen MR) is 136 cm³/mol. The molecule has 0 saturated heterocycles. The van der Waals surface area contributed by atoms with Gasteiger partial charge in [0.25, 0.3) is 0 Å². The zero-order chi connectivity index (χ0) is 25.2. The van der Waals surface area contributed by atoms with Crippen molar-refractivity contribution in [2.45, 2.75) is 44.9 Å². The molecule has 35 heavy (non-hydrogen) atoms. The second-order valence-electron chi connectivity index (χ2n) is 9.14. The largest absolute Gasteiger partial charge is 0.492 e. The molecule has 3 atom stereocenters. The van der Waals surface area contributed by atoms with Crippen LogP contribution in [0.4, 0.5) is 17.6 Å². The topological polar surface area (TPSA) is 40.3 Å². The van der Waals surface area contributed by atoms with E-state index in [0.29, 0.717) is 38.3 Å². The lowest BCUT2D eigenvalue weighted by molar-refractivity contribution is -0.155. The monoisotopic (exact) mass is 509 g/mol. The minimum atomic E-state index is -4.33. The summed E-state index contributed by atoms with van der Waals surface area (Å²) in [6, 6.07) is 10.7. The average molecular weight is 510 g/mol. The lowest BCUT2D eigenvalue weighted by Gasteiger charge is -2.42. The lowest BCUT2D eigenvalue weighted by atomic mass is 9.86. The third kappa shape index (κ3) is 5.65. The van der Waals surface area contributed by atoms with Gasteiger partial charge in [0, 0.05) is 29.2 Å². The summed E-state index contributed by atoms with van der Waals surface area (Å²) in [5, 5.41) is 5.02. The molecule has 0 radical (unpaired) electrons. The van der Waals surface area contributed by atoms with Gasteiger partial charge >= 0.3 is 6.18 Å². The Balaban J connectivity index is 1.75. The van der Waals surface area contributed by atoms with Crippen LogP contribution in [0.5, 0.6) is 5.75 Å². The molecule has 3 unspecified atom stereocenters. The zero-order valence-electron chi connectivity index (χ0n) is 20.0. The SMILES string of the molecule is Cc1c(OCCNCCCF)ccc(P)c1C1c2[nH]c3ccccc3c2CC(C)N1CC(F)(F)F. The molecule has 1 aliphatic heterocycles. The molecule has 0 amide bonds. The molecule has 190 valence electrons. The Labute approximate surface area is 205 Å². The van der Waals surface area contributed by atoms with Crippen molar-refractivity contribution in [3.8, 4) is 5.75 Å². The van der Waals surface area contributed by atoms with Crippen LogP contribution in [0.25, 0.3) is 10.9 Å². The number of fused-ring (bicyclic) bond motifs is 3. The average Bonchev–Trinajstić information content (AvgIpc) is 3.16. The number of benzene rings is 2. The molecule has 2 heterocycles. The number of aromatic amines is 1. The van der Waals surface area contributed by atoms with Crippen LogP contribution in [0.2, 0.25) is 0 Å². The fourth-order valence-electron chi connectivity index (χ4n) is 5.07. The fraction of sp³-hybridized carbons (Fsp3) is 0.462. The Kier molecular flexibility index (Phi) is 8.04. The molecular formula is C26H32F4N3OP. The van der Waals surface area contributed by atoms with E-state index in [9.17, 15) is 17.6 Å². The zero-order valence-corrected chi connectivity index (χ0v) is 21.2. The molecule has 2 aromatic carbocycles. The van der Waals surface area contributed by atoms with Crippen molar-refractivity contribution in [2.24, 2.45) is 0 Å². The van der Waals surface area contributed by atoms with E-state index in [1.807, 2.05) is 50.2 Å². The van der Waals surface area contributed by atoms with Gasteiger partial charge in [0.1, 0.15) is 12.4 Å². The highest BCUT2D eigenvalue weighted by Crippen LogP contribution is 2.43. The highest BCUT2D eigenvalue weighted by molar-refractivity contribution is 7.27. The highest BCUT2D eigenvalue weighted by atomic mass is 31.0. The van der Waals surface area contributed by atoms with Gasteiger partial charge in [-0.2, -0.15) is 13.2 Å². The van der Waals surface area contributed by atoms with Crippen LogP contribution < -0.4 is 15.4 Å². The Hall–Kier alpha value is -2.15. The number of alkyl halides is 4. The maximum absolute atomic E-state index is 13.7. The number of nitrogens with one attached hydrogen (secondary N) is 2. The molecule has 0 aliphatic carbocycles. The fourth-order valence-corrected chi connectivity index (χ4v) is 5.54. The van der Waals surface area contributed by atoms with Gasteiger partial charge in [-0.3, -0.25) is 9.29 Å². The molecule has 0 fully saturated rings. The van der Waals surface area contributed by atoms with Crippen molar-refractivity contribution in [1.29, 1.82) is 0 Å². The smallest absolute Gasteiger partial charge is 0.401 e. The minimum Gasteiger partial charge on any atom is -0.492 e. The summed E-state index contributed by atoms with van der Waals surface area (Å²) >= 11 is 0. The first-order valence-electron chi connectivity index (χ1n) is 11.9. The summed E-state index contributed by atoms with van der Waals surface area (Å²) in [7, 11) is 2.69. The summed E-state index contributed by atoms with van der Waals surface area (Å²) in [5.41, 5.74) is 4.44. The molecule has 0 saturated carbocycles. The molecule has 2 N–H and O–H groups in total. The van der Waals surface area contributed by atoms with E-state index >= 15 is 0 Å². The molecule has 4 nitrogen and oxygen atoms in total. The van der Waals surface area contributed by atoms with Crippen LogP contribution in [-0.4, -0.2) is 55.0 Å². The van der Waals surface area contributed by atoms with Crippen LogP contribution in [0, 0.1) is 6.92 Å². The first-order chi connectivity index (χ1) is 16.7. The summed E-state index contributed by atoms with van der Waals surface area (Å²) in [5.74, 6) is 0.640. The number of ether oxygens (including phenoxy) is 1. The first kappa shape index (κ1) is 25.9. The number of hydrogen-bond donors (Lipinski definition) is 2. The van der Waals surface area contributed by atoms with Gasteiger partial charge in [-0.15, -0.1) is 9.24 Å². The summed E-state index contributed by atoms with van der Waals surface area (Å²) in [4.78, 5) is 5.00. The van der Waals surface area contributed by atoms with Gasteiger partial charge in [0.15, 0.2) is 0 Å². The van der Waals surface area contributed by atoms with Gasteiger partial charge in [-0.25, -0.2) is 0 Å². The quantitative estimate of drug-likeness (QED) is 0.237. The second kappa shape index (κ2) is 10.9. The van der Waals surface area contributed by atoms with Crippen LogP contribution in [0.3, 0.4) is 0 Å². The van der Waals surface area contributed by atoms with Crippen LogP contribution >= 0.6 is 9.24 Å². The molecule has 0 spiro atoms. The van der Waals surface area contributed by atoms with Crippen molar-refractivity contribution >= 4 is 25.4 Å². The molecule has 4 rings (SSSR count).